The van der Waals surface area contributed by atoms with E-state index in [0.29, 0.717) is 25.7 Å². The second-order valence-electron chi connectivity index (χ2n) is 5.83. The Labute approximate surface area is 114 Å². The summed E-state index contributed by atoms with van der Waals surface area (Å²) in [5, 5.41) is 0. The summed E-state index contributed by atoms with van der Waals surface area (Å²) in [5.74, 6) is -1.65. The number of rotatable bonds is 4. The largest absolute Gasteiger partial charge is 0.422 e. The van der Waals surface area contributed by atoms with E-state index in [1.165, 1.54) is 0 Å². The van der Waals surface area contributed by atoms with E-state index >= 15 is 0 Å². The summed E-state index contributed by atoms with van der Waals surface area (Å²) in [5.41, 5.74) is -1.05. The van der Waals surface area contributed by atoms with Gasteiger partial charge in [-0.05, 0) is 25.7 Å². The van der Waals surface area contributed by atoms with E-state index in [1.807, 2.05) is 13.8 Å². The van der Waals surface area contributed by atoms with Crippen LogP contribution in [0.4, 0.5) is 0 Å². The summed E-state index contributed by atoms with van der Waals surface area (Å²) in [7, 11) is 0. The molecule has 0 unspecified atom stereocenters. The smallest absolute Gasteiger partial charge is 0.326 e. The van der Waals surface area contributed by atoms with Crippen molar-refractivity contribution in [2.24, 2.45) is 5.41 Å². The molecule has 108 valence electrons. The van der Waals surface area contributed by atoms with Gasteiger partial charge in [0.1, 0.15) is 0 Å². The number of hydrogen-bond donors (Lipinski definition) is 0. The van der Waals surface area contributed by atoms with Gasteiger partial charge in [0.15, 0.2) is 5.41 Å². The van der Waals surface area contributed by atoms with Crippen molar-refractivity contribution >= 4 is 11.9 Å². The Bertz CT molecular complexity index is 327. The minimum Gasteiger partial charge on any atom is -0.422 e. The molecule has 0 aromatic heterocycles. The van der Waals surface area contributed by atoms with Gasteiger partial charge in [-0.1, -0.05) is 33.1 Å². The molecule has 1 saturated carbocycles. The Morgan fingerprint density at radius 1 is 0.895 bits per heavy atom. The van der Waals surface area contributed by atoms with Crippen molar-refractivity contribution < 1.29 is 19.1 Å². The van der Waals surface area contributed by atoms with Crippen molar-refractivity contribution in [3.8, 4) is 0 Å². The molecule has 0 amide bonds. The molecule has 0 N–H and O–H groups in total. The first-order valence-corrected chi connectivity index (χ1v) is 7.55. The fourth-order valence-electron chi connectivity index (χ4n) is 3.32. The van der Waals surface area contributed by atoms with Gasteiger partial charge in [0.25, 0.3) is 5.79 Å². The van der Waals surface area contributed by atoms with Crippen LogP contribution < -0.4 is 0 Å². The van der Waals surface area contributed by atoms with Crippen LogP contribution in [0.1, 0.15) is 71.6 Å². The molecule has 2 aliphatic rings. The minimum absolute atomic E-state index is 0.352. The van der Waals surface area contributed by atoms with Crippen LogP contribution in [0.2, 0.25) is 0 Å². The lowest BCUT2D eigenvalue weighted by Gasteiger charge is -2.45. The second-order valence-corrected chi connectivity index (χ2v) is 5.83. The highest BCUT2D eigenvalue weighted by molar-refractivity contribution is 6.01. The fraction of sp³-hybridized carbons (Fsp3) is 0.867. The van der Waals surface area contributed by atoms with E-state index in [1.54, 1.807) is 0 Å². The van der Waals surface area contributed by atoms with Crippen LogP contribution in [-0.2, 0) is 19.1 Å². The maximum Gasteiger partial charge on any atom is 0.326 e. The third-order valence-corrected chi connectivity index (χ3v) is 4.31. The van der Waals surface area contributed by atoms with Gasteiger partial charge in [-0.25, -0.2) is 0 Å². The second kappa shape index (κ2) is 5.51. The third kappa shape index (κ3) is 2.49. The Balaban J connectivity index is 2.21. The van der Waals surface area contributed by atoms with Gasteiger partial charge >= 0.3 is 11.9 Å². The Hall–Kier alpha value is -1.06. The standard InChI is InChI=1S/C15H24O4/c1-3-8-14(9-4-2)12(16)18-15(19-13(14)17)10-6-5-7-11-15/h3-11H2,1-2H3. The lowest BCUT2D eigenvalue weighted by molar-refractivity contribution is -0.272. The molecular weight excluding hydrogens is 244 g/mol. The van der Waals surface area contributed by atoms with Crippen molar-refractivity contribution in [3.05, 3.63) is 0 Å². The van der Waals surface area contributed by atoms with E-state index in [2.05, 4.69) is 0 Å². The fourth-order valence-corrected chi connectivity index (χ4v) is 3.32. The predicted octanol–water partition coefficient (Wildman–Crippen LogP) is 3.33. The molecule has 1 aliphatic carbocycles. The van der Waals surface area contributed by atoms with Gasteiger partial charge in [-0.15, -0.1) is 0 Å². The molecule has 1 saturated heterocycles. The normalized spacial score (nSPS) is 24.9. The molecule has 0 bridgehead atoms. The summed E-state index contributed by atoms with van der Waals surface area (Å²) < 4.78 is 11.2. The van der Waals surface area contributed by atoms with Crippen LogP contribution in [0, 0.1) is 5.41 Å². The van der Waals surface area contributed by atoms with Crippen molar-refractivity contribution in [2.45, 2.75) is 77.4 Å². The van der Waals surface area contributed by atoms with Gasteiger partial charge in [0, 0.05) is 12.8 Å². The molecule has 2 fully saturated rings. The van der Waals surface area contributed by atoms with Crippen molar-refractivity contribution in [2.75, 3.05) is 0 Å². The number of carbonyl (C=O) groups is 2. The topological polar surface area (TPSA) is 52.6 Å². The summed E-state index contributed by atoms with van der Waals surface area (Å²) in [6.07, 6.45) is 6.92. The van der Waals surface area contributed by atoms with Gasteiger partial charge in [-0.2, -0.15) is 0 Å². The van der Waals surface area contributed by atoms with E-state index in [0.717, 1.165) is 32.1 Å². The molecule has 1 aliphatic heterocycles. The first-order chi connectivity index (χ1) is 9.08. The van der Waals surface area contributed by atoms with E-state index in [4.69, 9.17) is 9.47 Å². The van der Waals surface area contributed by atoms with Crippen LogP contribution in [0.15, 0.2) is 0 Å². The highest BCUT2D eigenvalue weighted by Gasteiger charge is 2.57. The Kier molecular flexibility index (Phi) is 4.16. The zero-order valence-electron chi connectivity index (χ0n) is 12.0. The SMILES string of the molecule is CCCC1(CCC)C(=O)OC2(CCCCC2)OC1=O. The molecule has 0 aromatic carbocycles. The average molecular weight is 268 g/mol. The maximum atomic E-state index is 12.5. The predicted molar refractivity (Wildman–Crippen MR) is 70.2 cm³/mol. The maximum absolute atomic E-state index is 12.5. The zero-order valence-corrected chi connectivity index (χ0v) is 12.0. The van der Waals surface area contributed by atoms with Gasteiger partial charge in [0.05, 0.1) is 0 Å². The van der Waals surface area contributed by atoms with Gasteiger partial charge in [-0.3, -0.25) is 9.59 Å². The minimum atomic E-state index is -1.05. The van der Waals surface area contributed by atoms with Crippen molar-refractivity contribution in [1.82, 2.24) is 0 Å². The van der Waals surface area contributed by atoms with Crippen LogP contribution in [0.5, 0.6) is 0 Å². The number of carbonyl (C=O) groups excluding carboxylic acids is 2. The first-order valence-electron chi connectivity index (χ1n) is 7.55. The van der Waals surface area contributed by atoms with Crippen LogP contribution in [0.25, 0.3) is 0 Å². The van der Waals surface area contributed by atoms with Gasteiger partial charge < -0.3 is 9.47 Å². The Morgan fingerprint density at radius 2 is 1.37 bits per heavy atom. The summed E-state index contributed by atoms with van der Waals surface area (Å²) in [6, 6.07) is 0. The first kappa shape index (κ1) is 14.4. The van der Waals surface area contributed by atoms with Crippen LogP contribution in [0.3, 0.4) is 0 Å². The molecule has 4 heteroatoms. The molecule has 2 rings (SSSR count). The van der Waals surface area contributed by atoms with E-state index < -0.39 is 11.2 Å². The van der Waals surface area contributed by atoms with Gasteiger partial charge in [0.2, 0.25) is 0 Å². The lowest BCUT2D eigenvalue weighted by Crippen LogP contribution is -2.56. The highest BCUT2D eigenvalue weighted by atomic mass is 16.7. The monoisotopic (exact) mass is 268 g/mol. The van der Waals surface area contributed by atoms with E-state index in [-0.39, 0.29) is 11.9 Å². The van der Waals surface area contributed by atoms with Crippen LogP contribution >= 0.6 is 0 Å². The molecule has 0 radical (unpaired) electrons. The molecule has 0 aromatic rings. The van der Waals surface area contributed by atoms with Crippen molar-refractivity contribution in [1.29, 1.82) is 0 Å². The number of ether oxygens (including phenoxy) is 2. The van der Waals surface area contributed by atoms with Crippen LogP contribution in [-0.4, -0.2) is 17.7 Å². The Morgan fingerprint density at radius 3 is 1.79 bits per heavy atom. The third-order valence-electron chi connectivity index (χ3n) is 4.31. The zero-order chi connectivity index (χ0) is 13.9. The van der Waals surface area contributed by atoms with E-state index in [9.17, 15) is 9.59 Å². The molecule has 4 nitrogen and oxygen atoms in total. The summed E-state index contributed by atoms with van der Waals surface area (Å²) >= 11 is 0. The molecular formula is C15H24O4. The molecule has 1 spiro atoms. The number of esters is 2. The average Bonchev–Trinajstić information content (AvgIpc) is 2.37. The molecule has 0 atom stereocenters. The summed E-state index contributed by atoms with van der Waals surface area (Å²) in [4.78, 5) is 24.9. The summed E-state index contributed by atoms with van der Waals surface area (Å²) in [6.45, 7) is 3.95. The molecule has 1 heterocycles. The quantitative estimate of drug-likeness (QED) is 0.579. The number of hydrogen-bond acceptors (Lipinski definition) is 4. The van der Waals surface area contributed by atoms with Crippen molar-refractivity contribution in [3.63, 3.8) is 0 Å². The highest BCUT2D eigenvalue weighted by Crippen LogP contribution is 2.44. The molecule has 19 heavy (non-hydrogen) atoms. The lowest BCUT2D eigenvalue weighted by atomic mass is 9.77.